The van der Waals surface area contributed by atoms with Gasteiger partial charge in [0, 0.05) is 15.3 Å². The van der Waals surface area contributed by atoms with Gasteiger partial charge >= 0.3 is 0 Å². The molecule has 0 saturated carbocycles. The molecule has 2 rings (SSSR count). The van der Waals surface area contributed by atoms with Gasteiger partial charge in [0.05, 0.1) is 11.0 Å². The zero-order valence-electron chi connectivity index (χ0n) is 10.6. The first-order valence-electron chi connectivity index (χ1n) is 5.76. The summed E-state index contributed by atoms with van der Waals surface area (Å²) in [4.78, 5) is 14.2. The highest BCUT2D eigenvalue weighted by molar-refractivity contribution is 9.10. The Labute approximate surface area is 123 Å². The van der Waals surface area contributed by atoms with Crippen LogP contribution in [-0.4, -0.2) is 5.91 Å². The van der Waals surface area contributed by atoms with Crippen molar-refractivity contribution in [2.24, 2.45) is 0 Å². The molecule has 1 aromatic carbocycles. The first-order chi connectivity index (χ1) is 8.97. The maximum atomic E-state index is 13.3. The topological polar surface area (TPSA) is 29.1 Å². The molecule has 0 spiro atoms. The number of carbonyl (C=O) groups excluding carboxylic acids is 1. The number of benzene rings is 1. The van der Waals surface area contributed by atoms with E-state index in [0.717, 1.165) is 4.88 Å². The maximum Gasteiger partial charge on any atom is 0.251 e. The molecule has 100 valence electrons. The minimum absolute atomic E-state index is 0.268. The van der Waals surface area contributed by atoms with Crippen LogP contribution in [0.5, 0.6) is 0 Å². The van der Waals surface area contributed by atoms with Crippen LogP contribution in [0.25, 0.3) is 0 Å². The van der Waals surface area contributed by atoms with Gasteiger partial charge in [-0.3, -0.25) is 4.79 Å². The monoisotopic (exact) mass is 341 g/mol. The maximum absolute atomic E-state index is 13.3. The van der Waals surface area contributed by atoms with Crippen molar-refractivity contribution in [1.82, 2.24) is 5.32 Å². The van der Waals surface area contributed by atoms with Crippen LogP contribution < -0.4 is 5.32 Å². The second kappa shape index (κ2) is 5.84. The second-order valence-corrected chi connectivity index (χ2v) is 6.46. The minimum Gasteiger partial charge on any atom is -0.347 e. The molecule has 0 fully saturated rings. The summed E-state index contributed by atoms with van der Waals surface area (Å²) in [6.07, 6.45) is 0. The van der Waals surface area contributed by atoms with Gasteiger partial charge in [0.25, 0.3) is 5.91 Å². The van der Waals surface area contributed by atoms with Crippen LogP contribution in [0.2, 0.25) is 0 Å². The smallest absolute Gasteiger partial charge is 0.251 e. The van der Waals surface area contributed by atoms with E-state index in [1.807, 2.05) is 6.92 Å². The zero-order valence-corrected chi connectivity index (χ0v) is 13.0. The number of halogens is 2. The van der Waals surface area contributed by atoms with E-state index >= 15 is 0 Å². The fraction of sp³-hybridized carbons (Fsp3) is 0.214. The van der Waals surface area contributed by atoms with Crippen molar-refractivity contribution < 1.29 is 9.18 Å². The fourth-order valence-corrected chi connectivity index (χ4v) is 2.88. The number of hydrogen-bond donors (Lipinski definition) is 1. The molecule has 2 aromatic rings. The zero-order chi connectivity index (χ0) is 14.0. The number of carbonyl (C=O) groups is 1. The van der Waals surface area contributed by atoms with E-state index in [4.69, 9.17) is 0 Å². The van der Waals surface area contributed by atoms with E-state index in [9.17, 15) is 9.18 Å². The van der Waals surface area contributed by atoms with E-state index in [2.05, 4.69) is 34.2 Å². The lowest BCUT2D eigenvalue weighted by molar-refractivity contribution is 0.0951. The average molecular weight is 342 g/mol. The van der Waals surface area contributed by atoms with Crippen LogP contribution in [0.4, 0.5) is 4.39 Å². The number of rotatable bonds is 3. The van der Waals surface area contributed by atoms with E-state index < -0.39 is 5.82 Å². The number of hydrogen-bond acceptors (Lipinski definition) is 2. The molecule has 1 amide bonds. The minimum atomic E-state index is -0.435. The van der Waals surface area contributed by atoms with Gasteiger partial charge < -0.3 is 5.32 Å². The van der Waals surface area contributed by atoms with Crippen molar-refractivity contribution in [3.63, 3.8) is 0 Å². The van der Waals surface area contributed by atoms with Crippen molar-refractivity contribution in [2.75, 3.05) is 0 Å². The first kappa shape index (κ1) is 14.2. The Balaban J connectivity index is 2.03. The predicted molar refractivity (Wildman–Crippen MR) is 79.1 cm³/mol. The van der Waals surface area contributed by atoms with Gasteiger partial charge in [0.1, 0.15) is 5.82 Å². The molecule has 1 aromatic heterocycles. The van der Waals surface area contributed by atoms with Gasteiger partial charge in [-0.2, -0.15) is 0 Å². The first-order valence-corrected chi connectivity index (χ1v) is 7.37. The second-order valence-electron chi connectivity index (χ2n) is 4.26. The molecule has 19 heavy (non-hydrogen) atoms. The molecule has 5 heteroatoms. The van der Waals surface area contributed by atoms with E-state index in [1.54, 1.807) is 17.4 Å². The molecule has 0 aliphatic heterocycles. The summed E-state index contributed by atoms with van der Waals surface area (Å²) in [5.74, 6) is -0.703. The quantitative estimate of drug-likeness (QED) is 0.890. The van der Waals surface area contributed by atoms with Crippen LogP contribution in [0.3, 0.4) is 0 Å². The number of nitrogens with one attached hydrogen (secondary N) is 1. The Bertz CT molecular complexity index is 604. The molecule has 1 N–H and O–H groups in total. The molecule has 0 saturated heterocycles. The lowest BCUT2D eigenvalue weighted by atomic mass is 10.2. The molecule has 0 bridgehead atoms. The van der Waals surface area contributed by atoms with Crippen LogP contribution >= 0.6 is 27.3 Å². The van der Waals surface area contributed by atoms with E-state index in [-0.39, 0.29) is 5.91 Å². The number of thiophene rings is 1. The highest BCUT2D eigenvalue weighted by Crippen LogP contribution is 2.20. The Morgan fingerprint density at radius 1 is 1.37 bits per heavy atom. The molecule has 2 nitrogen and oxygen atoms in total. The molecule has 1 heterocycles. The van der Waals surface area contributed by atoms with Gasteiger partial charge in [0.15, 0.2) is 0 Å². The van der Waals surface area contributed by atoms with Gasteiger partial charge in [-0.1, -0.05) is 0 Å². The SMILES string of the molecule is Cc1cc(CNC(=O)c2ccc(Br)c(F)c2)sc1C. The van der Waals surface area contributed by atoms with Gasteiger partial charge in [-0.05, 0) is 59.6 Å². The number of amides is 1. The van der Waals surface area contributed by atoms with Crippen LogP contribution in [0, 0.1) is 19.7 Å². The number of aryl methyl sites for hydroxylation is 2. The Morgan fingerprint density at radius 2 is 2.11 bits per heavy atom. The third kappa shape index (κ3) is 3.42. The standard InChI is InChI=1S/C14H13BrFNOS/c1-8-5-11(19-9(8)2)7-17-14(18)10-3-4-12(15)13(16)6-10/h3-6H,7H2,1-2H3,(H,17,18). The van der Waals surface area contributed by atoms with Gasteiger partial charge in [-0.15, -0.1) is 11.3 Å². The van der Waals surface area contributed by atoms with Crippen LogP contribution in [-0.2, 0) is 6.54 Å². The summed E-state index contributed by atoms with van der Waals surface area (Å²) in [5.41, 5.74) is 1.55. The molecule has 0 unspecified atom stereocenters. The van der Waals surface area contributed by atoms with Crippen molar-refractivity contribution in [1.29, 1.82) is 0 Å². The molecule has 0 radical (unpaired) electrons. The Hall–Kier alpha value is -1.20. The van der Waals surface area contributed by atoms with Gasteiger partial charge in [0.2, 0.25) is 0 Å². The van der Waals surface area contributed by atoms with Gasteiger partial charge in [-0.25, -0.2) is 4.39 Å². The fourth-order valence-electron chi connectivity index (χ4n) is 1.64. The normalized spacial score (nSPS) is 10.5. The summed E-state index contributed by atoms with van der Waals surface area (Å²) >= 11 is 4.72. The van der Waals surface area contributed by atoms with Crippen LogP contribution in [0.1, 0.15) is 25.7 Å². The lowest BCUT2D eigenvalue weighted by Crippen LogP contribution is -2.22. The summed E-state index contributed by atoms with van der Waals surface area (Å²) in [7, 11) is 0. The highest BCUT2D eigenvalue weighted by atomic mass is 79.9. The Kier molecular flexibility index (Phi) is 4.37. The third-order valence-electron chi connectivity index (χ3n) is 2.82. The van der Waals surface area contributed by atoms with Crippen molar-refractivity contribution in [2.45, 2.75) is 20.4 Å². The van der Waals surface area contributed by atoms with E-state index in [1.165, 1.54) is 22.6 Å². The van der Waals surface area contributed by atoms with E-state index in [0.29, 0.717) is 16.6 Å². The summed E-state index contributed by atoms with van der Waals surface area (Å²) in [6, 6.07) is 6.41. The molecule has 0 aliphatic rings. The summed E-state index contributed by atoms with van der Waals surface area (Å²) < 4.78 is 13.7. The third-order valence-corrected chi connectivity index (χ3v) is 4.62. The predicted octanol–water partition coefficient (Wildman–Crippen LogP) is 4.20. The molecular formula is C14H13BrFNOS. The summed E-state index contributed by atoms with van der Waals surface area (Å²) in [5, 5.41) is 2.79. The van der Waals surface area contributed by atoms with Crippen molar-refractivity contribution in [3.05, 3.63) is 55.4 Å². The molecular weight excluding hydrogens is 329 g/mol. The highest BCUT2D eigenvalue weighted by Gasteiger charge is 2.09. The largest absolute Gasteiger partial charge is 0.347 e. The van der Waals surface area contributed by atoms with Crippen molar-refractivity contribution >= 4 is 33.2 Å². The summed E-state index contributed by atoms with van der Waals surface area (Å²) in [6.45, 7) is 4.56. The molecule has 0 aliphatic carbocycles. The average Bonchev–Trinajstić information content (AvgIpc) is 2.69. The Morgan fingerprint density at radius 3 is 2.68 bits per heavy atom. The van der Waals surface area contributed by atoms with Crippen molar-refractivity contribution in [3.8, 4) is 0 Å². The molecule has 0 atom stereocenters. The van der Waals surface area contributed by atoms with Crippen LogP contribution in [0.15, 0.2) is 28.7 Å². The lowest BCUT2D eigenvalue weighted by Gasteiger charge is -2.04.